The van der Waals surface area contributed by atoms with E-state index < -0.39 is 0 Å². The second-order valence-corrected chi connectivity index (χ2v) is 6.45. The molecule has 1 aromatic carbocycles. The van der Waals surface area contributed by atoms with Crippen molar-refractivity contribution in [2.45, 2.75) is 64.3 Å². The lowest BCUT2D eigenvalue weighted by Gasteiger charge is -2.30. The van der Waals surface area contributed by atoms with Gasteiger partial charge >= 0.3 is 0 Å². The standard InChI is InChI=1S/C18H27N/c1-2-19-18(12-14-5-3-6-14)13-15-9-10-16-7-4-8-17(16)11-15/h9-11,14,18-19H,2-8,12-13H2,1H3. The number of hydrogen-bond acceptors (Lipinski definition) is 1. The van der Waals surface area contributed by atoms with E-state index in [2.05, 4.69) is 30.4 Å². The summed E-state index contributed by atoms with van der Waals surface area (Å²) in [6.45, 7) is 3.33. The van der Waals surface area contributed by atoms with Crippen molar-refractivity contribution < 1.29 is 0 Å². The number of fused-ring (bicyclic) bond motifs is 1. The first-order chi connectivity index (χ1) is 9.35. The number of nitrogens with one attached hydrogen (secondary N) is 1. The molecule has 0 spiro atoms. The minimum atomic E-state index is 0.690. The average molecular weight is 257 g/mol. The van der Waals surface area contributed by atoms with E-state index in [9.17, 15) is 0 Å². The summed E-state index contributed by atoms with van der Waals surface area (Å²) >= 11 is 0. The van der Waals surface area contributed by atoms with Crippen molar-refractivity contribution >= 4 is 0 Å². The van der Waals surface area contributed by atoms with Crippen LogP contribution < -0.4 is 5.32 Å². The number of likely N-dealkylation sites (N-methyl/N-ethyl adjacent to an activating group) is 1. The Hall–Kier alpha value is -0.820. The molecular weight excluding hydrogens is 230 g/mol. The monoisotopic (exact) mass is 257 g/mol. The van der Waals surface area contributed by atoms with Crippen molar-refractivity contribution in [1.29, 1.82) is 0 Å². The van der Waals surface area contributed by atoms with Gasteiger partial charge in [-0.1, -0.05) is 44.4 Å². The van der Waals surface area contributed by atoms with Gasteiger partial charge in [0.05, 0.1) is 0 Å². The molecule has 2 aliphatic rings. The largest absolute Gasteiger partial charge is 0.314 e. The highest BCUT2D eigenvalue weighted by atomic mass is 14.9. The van der Waals surface area contributed by atoms with Crippen LogP contribution in [0.25, 0.3) is 0 Å². The van der Waals surface area contributed by atoms with Crippen LogP contribution in [0.3, 0.4) is 0 Å². The zero-order valence-corrected chi connectivity index (χ0v) is 12.3. The predicted octanol–water partition coefficient (Wildman–Crippen LogP) is 3.89. The van der Waals surface area contributed by atoms with E-state index in [0.29, 0.717) is 6.04 Å². The van der Waals surface area contributed by atoms with Crippen LogP contribution >= 0.6 is 0 Å². The number of rotatable bonds is 6. The van der Waals surface area contributed by atoms with Crippen molar-refractivity contribution in [3.8, 4) is 0 Å². The molecule has 104 valence electrons. The van der Waals surface area contributed by atoms with Gasteiger partial charge in [-0.3, -0.25) is 0 Å². The maximum atomic E-state index is 3.70. The van der Waals surface area contributed by atoms with E-state index in [0.717, 1.165) is 12.5 Å². The molecule has 0 bridgehead atoms. The smallest absolute Gasteiger partial charge is 0.0110 e. The fourth-order valence-corrected chi connectivity index (χ4v) is 3.70. The van der Waals surface area contributed by atoms with Gasteiger partial charge in [-0.25, -0.2) is 0 Å². The first-order valence-corrected chi connectivity index (χ1v) is 8.19. The maximum Gasteiger partial charge on any atom is 0.0110 e. The van der Waals surface area contributed by atoms with Crippen LogP contribution in [0, 0.1) is 5.92 Å². The Kier molecular flexibility index (Phi) is 4.22. The third-order valence-electron chi connectivity index (χ3n) is 4.98. The molecule has 1 N–H and O–H groups in total. The normalized spacial score (nSPS) is 20.1. The van der Waals surface area contributed by atoms with Crippen LogP contribution in [-0.4, -0.2) is 12.6 Å². The van der Waals surface area contributed by atoms with Crippen LogP contribution in [0.4, 0.5) is 0 Å². The second kappa shape index (κ2) is 6.09. The lowest BCUT2D eigenvalue weighted by molar-refractivity contribution is 0.260. The first kappa shape index (κ1) is 13.2. The molecule has 1 atom stereocenters. The van der Waals surface area contributed by atoms with Crippen molar-refractivity contribution in [2.75, 3.05) is 6.54 Å². The Morgan fingerprint density at radius 1 is 1.16 bits per heavy atom. The van der Waals surface area contributed by atoms with Crippen LogP contribution in [-0.2, 0) is 19.3 Å². The third kappa shape index (κ3) is 3.20. The summed E-state index contributed by atoms with van der Waals surface area (Å²) < 4.78 is 0. The van der Waals surface area contributed by atoms with Gasteiger partial charge in [-0.2, -0.15) is 0 Å². The Balaban J connectivity index is 1.63. The number of hydrogen-bond donors (Lipinski definition) is 1. The molecule has 0 radical (unpaired) electrons. The Morgan fingerprint density at radius 2 is 2.00 bits per heavy atom. The Morgan fingerprint density at radius 3 is 2.74 bits per heavy atom. The molecule has 1 aromatic rings. The highest BCUT2D eigenvalue weighted by molar-refractivity contribution is 5.35. The lowest BCUT2D eigenvalue weighted by atomic mass is 9.80. The molecular formula is C18H27N. The van der Waals surface area contributed by atoms with Gasteiger partial charge in [0.15, 0.2) is 0 Å². The molecule has 3 rings (SSSR count). The molecule has 0 amide bonds. The molecule has 1 fully saturated rings. The molecule has 1 saturated carbocycles. The second-order valence-electron chi connectivity index (χ2n) is 6.45. The van der Waals surface area contributed by atoms with E-state index in [1.54, 1.807) is 16.7 Å². The summed E-state index contributed by atoms with van der Waals surface area (Å²) in [4.78, 5) is 0. The molecule has 19 heavy (non-hydrogen) atoms. The fraction of sp³-hybridized carbons (Fsp3) is 0.667. The SMILES string of the molecule is CCNC(Cc1ccc2c(c1)CCC2)CC1CCC1. The van der Waals surface area contributed by atoms with Gasteiger partial charge in [-0.15, -0.1) is 0 Å². The van der Waals surface area contributed by atoms with E-state index in [1.165, 1.54) is 51.4 Å². The molecule has 0 aromatic heterocycles. The highest BCUT2D eigenvalue weighted by Crippen LogP contribution is 2.31. The third-order valence-corrected chi connectivity index (χ3v) is 4.98. The summed E-state index contributed by atoms with van der Waals surface area (Å²) in [5, 5.41) is 3.70. The number of aryl methyl sites for hydroxylation is 2. The van der Waals surface area contributed by atoms with Gasteiger partial charge < -0.3 is 5.32 Å². The maximum absolute atomic E-state index is 3.70. The van der Waals surface area contributed by atoms with Gasteiger partial charge in [0, 0.05) is 6.04 Å². The Bertz CT molecular complexity index is 420. The van der Waals surface area contributed by atoms with E-state index >= 15 is 0 Å². The van der Waals surface area contributed by atoms with Crippen molar-refractivity contribution in [2.24, 2.45) is 5.92 Å². The Labute approximate surface area is 117 Å². The molecule has 0 heterocycles. The molecule has 0 saturated heterocycles. The van der Waals surface area contributed by atoms with Crippen LogP contribution in [0.15, 0.2) is 18.2 Å². The lowest BCUT2D eigenvalue weighted by Crippen LogP contribution is -2.34. The predicted molar refractivity (Wildman–Crippen MR) is 81.6 cm³/mol. The zero-order chi connectivity index (χ0) is 13.1. The van der Waals surface area contributed by atoms with Crippen molar-refractivity contribution in [1.82, 2.24) is 5.32 Å². The highest BCUT2D eigenvalue weighted by Gasteiger charge is 2.22. The first-order valence-electron chi connectivity index (χ1n) is 8.19. The quantitative estimate of drug-likeness (QED) is 0.815. The van der Waals surface area contributed by atoms with Gasteiger partial charge in [-0.05, 0) is 61.3 Å². The van der Waals surface area contributed by atoms with Crippen molar-refractivity contribution in [3.05, 3.63) is 34.9 Å². The summed E-state index contributed by atoms with van der Waals surface area (Å²) in [6, 6.07) is 7.92. The average Bonchev–Trinajstić information content (AvgIpc) is 2.81. The summed E-state index contributed by atoms with van der Waals surface area (Å²) in [5.74, 6) is 0.999. The molecule has 1 nitrogen and oxygen atoms in total. The van der Waals surface area contributed by atoms with Gasteiger partial charge in [0.1, 0.15) is 0 Å². The zero-order valence-electron chi connectivity index (χ0n) is 12.3. The molecule has 1 heteroatoms. The van der Waals surface area contributed by atoms with E-state index in [1.807, 2.05) is 0 Å². The van der Waals surface area contributed by atoms with Gasteiger partial charge in [0.2, 0.25) is 0 Å². The topological polar surface area (TPSA) is 12.0 Å². The fourth-order valence-electron chi connectivity index (χ4n) is 3.70. The van der Waals surface area contributed by atoms with Crippen LogP contribution in [0.2, 0.25) is 0 Å². The van der Waals surface area contributed by atoms with E-state index in [4.69, 9.17) is 0 Å². The summed E-state index contributed by atoms with van der Waals surface area (Å²) in [6.07, 6.45) is 11.0. The molecule has 1 unspecified atom stereocenters. The summed E-state index contributed by atoms with van der Waals surface area (Å²) in [5.41, 5.74) is 4.77. The van der Waals surface area contributed by atoms with E-state index in [-0.39, 0.29) is 0 Å². The minimum absolute atomic E-state index is 0.690. The molecule has 2 aliphatic carbocycles. The van der Waals surface area contributed by atoms with Gasteiger partial charge in [0.25, 0.3) is 0 Å². The van der Waals surface area contributed by atoms with Crippen molar-refractivity contribution in [3.63, 3.8) is 0 Å². The minimum Gasteiger partial charge on any atom is -0.314 e. The molecule has 0 aliphatic heterocycles. The summed E-state index contributed by atoms with van der Waals surface area (Å²) in [7, 11) is 0. The van der Waals surface area contributed by atoms with Crippen LogP contribution in [0.1, 0.15) is 55.7 Å². The van der Waals surface area contributed by atoms with Crippen LogP contribution in [0.5, 0.6) is 0 Å². The number of benzene rings is 1.